The van der Waals surface area contributed by atoms with E-state index in [1.54, 1.807) is 24.4 Å². The molecule has 0 saturated heterocycles. The van der Waals surface area contributed by atoms with Gasteiger partial charge in [0, 0.05) is 29.3 Å². The summed E-state index contributed by atoms with van der Waals surface area (Å²) >= 11 is 0. The van der Waals surface area contributed by atoms with E-state index in [4.69, 9.17) is 4.74 Å². The van der Waals surface area contributed by atoms with Gasteiger partial charge in [0.1, 0.15) is 5.75 Å². The first-order chi connectivity index (χ1) is 16.3. The molecule has 0 unspecified atom stereocenters. The zero-order valence-electron chi connectivity index (χ0n) is 17.8. The molecule has 0 atom stereocenters. The average Bonchev–Trinajstić information content (AvgIpc) is 2.84. The van der Waals surface area contributed by atoms with Gasteiger partial charge in [-0.2, -0.15) is 0 Å². The van der Waals surface area contributed by atoms with Gasteiger partial charge in [0.25, 0.3) is 21.6 Å². The Morgan fingerprint density at radius 2 is 1.74 bits per heavy atom. The van der Waals surface area contributed by atoms with E-state index in [2.05, 4.69) is 15.0 Å². The Hall–Kier alpha value is -4.51. The number of rotatable bonds is 7. The van der Waals surface area contributed by atoms with E-state index >= 15 is 0 Å². The number of para-hydroxylation sites is 1. The number of carbonyl (C=O) groups is 1. The summed E-state index contributed by atoms with van der Waals surface area (Å²) in [6.07, 6.45) is 1.63. The van der Waals surface area contributed by atoms with Crippen LogP contribution in [0.3, 0.4) is 0 Å². The van der Waals surface area contributed by atoms with Gasteiger partial charge in [0.05, 0.1) is 33.8 Å². The van der Waals surface area contributed by atoms with Crippen molar-refractivity contribution in [1.82, 2.24) is 4.98 Å². The number of non-ortho nitro benzene ring substituents is 1. The molecule has 0 bridgehead atoms. The SMILES string of the molecule is COc1ccc([N+](=O)[O-])cc1NS(=O)(=O)c1ccc(C(=O)Nc2cccc3cccnc23)cc1. The molecule has 172 valence electrons. The molecule has 4 aromatic rings. The number of benzene rings is 3. The quantitative estimate of drug-likeness (QED) is 0.299. The minimum Gasteiger partial charge on any atom is -0.495 e. The number of amides is 1. The van der Waals surface area contributed by atoms with E-state index in [1.165, 1.54) is 43.5 Å². The lowest BCUT2D eigenvalue weighted by molar-refractivity contribution is -0.384. The topological polar surface area (TPSA) is 141 Å². The third-order valence-corrected chi connectivity index (χ3v) is 6.33. The third-order valence-electron chi connectivity index (χ3n) is 4.95. The maximum atomic E-state index is 12.8. The van der Waals surface area contributed by atoms with Crippen molar-refractivity contribution in [3.05, 3.63) is 94.7 Å². The molecule has 3 aromatic carbocycles. The monoisotopic (exact) mass is 478 g/mol. The third kappa shape index (κ3) is 4.64. The van der Waals surface area contributed by atoms with Crippen molar-refractivity contribution in [3.63, 3.8) is 0 Å². The summed E-state index contributed by atoms with van der Waals surface area (Å²) in [5.41, 5.74) is 1.02. The second-order valence-electron chi connectivity index (χ2n) is 7.11. The van der Waals surface area contributed by atoms with Gasteiger partial charge in [-0.3, -0.25) is 24.6 Å². The van der Waals surface area contributed by atoms with Crippen LogP contribution in [0.1, 0.15) is 10.4 Å². The van der Waals surface area contributed by atoms with Gasteiger partial charge in [0.2, 0.25) is 0 Å². The smallest absolute Gasteiger partial charge is 0.271 e. The lowest BCUT2D eigenvalue weighted by Crippen LogP contribution is -2.15. The molecule has 0 spiro atoms. The number of nitro groups is 1. The molecule has 0 radical (unpaired) electrons. The van der Waals surface area contributed by atoms with Crippen LogP contribution in [0.4, 0.5) is 17.1 Å². The maximum absolute atomic E-state index is 12.8. The van der Waals surface area contributed by atoms with Crippen LogP contribution in [0, 0.1) is 10.1 Å². The predicted octanol–water partition coefficient (Wildman–Crippen LogP) is 4.20. The van der Waals surface area contributed by atoms with Gasteiger partial charge in [-0.25, -0.2) is 8.42 Å². The van der Waals surface area contributed by atoms with Gasteiger partial charge >= 0.3 is 0 Å². The van der Waals surface area contributed by atoms with E-state index in [-0.39, 0.29) is 27.6 Å². The Labute approximate surface area is 194 Å². The molecule has 0 aliphatic rings. The molecule has 1 amide bonds. The molecule has 0 aliphatic heterocycles. The molecule has 34 heavy (non-hydrogen) atoms. The molecule has 10 nitrogen and oxygen atoms in total. The van der Waals surface area contributed by atoms with Gasteiger partial charge in [0.15, 0.2) is 0 Å². The summed E-state index contributed by atoms with van der Waals surface area (Å²) < 4.78 is 33.0. The molecule has 2 N–H and O–H groups in total. The fraction of sp³-hybridized carbons (Fsp3) is 0.0435. The second kappa shape index (κ2) is 9.16. The number of ether oxygens (including phenoxy) is 1. The highest BCUT2D eigenvalue weighted by Gasteiger charge is 2.20. The van der Waals surface area contributed by atoms with Gasteiger partial charge < -0.3 is 10.1 Å². The summed E-state index contributed by atoms with van der Waals surface area (Å²) in [6, 6.07) is 17.9. The first-order valence-corrected chi connectivity index (χ1v) is 11.4. The van der Waals surface area contributed by atoms with E-state index in [9.17, 15) is 23.3 Å². The Kier molecular flexibility index (Phi) is 6.11. The van der Waals surface area contributed by atoms with Crippen molar-refractivity contribution < 1.29 is 22.9 Å². The second-order valence-corrected chi connectivity index (χ2v) is 8.79. The van der Waals surface area contributed by atoms with Crippen LogP contribution in [-0.2, 0) is 10.0 Å². The summed E-state index contributed by atoms with van der Waals surface area (Å²) in [5.74, 6) is -0.315. The van der Waals surface area contributed by atoms with Crippen molar-refractivity contribution in [2.75, 3.05) is 17.1 Å². The molecule has 4 rings (SSSR count). The van der Waals surface area contributed by atoms with Crippen molar-refractivity contribution in [3.8, 4) is 5.75 Å². The van der Waals surface area contributed by atoms with E-state index in [0.717, 1.165) is 11.5 Å². The Bertz CT molecular complexity index is 1500. The van der Waals surface area contributed by atoms with Crippen LogP contribution in [0.2, 0.25) is 0 Å². The maximum Gasteiger partial charge on any atom is 0.271 e. The number of carbonyl (C=O) groups excluding carboxylic acids is 1. The predicted molar refractivity (Wildman–Crippen MR) is 127 cm³/mol. The Balaban J connectivity index is 1.55. The highest BCUT2D eigenvalue weighted by molar-refractivity contribution is 7.92. The Morgan fingerprint density at radius 1 is 1.00 bits per heavy atom. The number of nitrogens with one attached hydrogen (secondary N) is 2. The highest BCUT2D eigenvalue weighted by atomic mass is 32.2. The van der Waals surface area contributed by atoms with Gasteiger partial charge in [-0.1, -0.05) is 18.2 Å². The Morgan fingerprint density at radius 3 is 2.44 bits per heavy atom. The van der Waals surface area contributed by atoms with Crippen LogP contribution in [-0.4, -0.2) is 31.3 Å². The number of pyridine rings is 1. The number of methoxy groups -OCH3 is 1. The van der Waals surface area contributed by atoms with Crippen LogP contribution >= 0.6 is 0 Å². The lowest BCUT2D eigenvalue weighted by atomic mass is 10.1. The molecular formula is C23H18N4O6S. The molecule has 1 heterocycles. The van der Waals surface area contributed by atoms with Crippen LogP contribution in [0.5, 0.6) is 5.75 Å². The number of hydrogen-bond acceptors (Lipinski definition) is 7. The fourth-order valence-corrected chi connectivity index (χ4v) is 4.34. The number of aromatic nitrogens is 1. The summed E-state index contributed by atoms with van der Waals surface area (Å²) in [6.45, 7) is 0. The zero-order chi connectivity index (χ0) is 24.3. The van der Waals surface area contributed by atoms with Crippen LogP contribution in [0.25, 0.3) is 10.9 Å². The van der Waals surface area contributed by atoms with Crippen molar-refractivity contribution in [2.45, 2.75) is 4.90 Å². The molecular weight excluding hydrogens is 460 g/mol. The van der Waals surface area contributed by atoms with E-state index < -0.39 is 20.9 Å². The number of fused-ring (bicyclic) bond motifs is 1. The van der Waals surface area contributed by atoms with Crippen molar-refractivity contribution >= 4 is 43.9 Å². The molecule has 1 aromatic heterocycles. The highest BCUT2D eigenvalue weighted by Crippen LogP contribution is 2.31. The molecule has 11 heteroatoms. The fourth-order valence-electron chi connectivity index (χ4n) is 3.28. The van der Waals surface area contributed by atoms with Gasteiger partial charge in [-0.15, -0.1) is 0 Å². The number of nitro benzene ring substituents is 1. The molecule has 0 saturated carbocycles. The average molecular weight is 478 g/mol. The first kappa shape index (κ1) is 22.7. The van der Waals surface area contributed by atoms with Gasteiger partial charge in [-0.05, 0) is 42.5 Å². The minimum absolute atomic E-state index is 0.0815. The van der Waals surface area contributed by atoms with Crippen LogP contribution in [0.15, 0.2) is 83.9 Å². The van der Waals surface area contributed by atoms with Crippen molar-refractivity contribution in [1.29, 1.82) is 0 Å². The first-order valence-electron chi connectivity index (χ1n) is 9.89. The van der Waals surface area contributed by atoms with Crippen LogP contribution < -0.4 is 14.8 Å². The van der Waals surface area contributed by atoms with E-state index in [1.807, 2.05) is 12.1 Å². The summed E-state index contributed by atoms with van der Waals surface area (Å²) in [5, 5.41) is 14.7. The van der Waals surface area contributed by atoms with E-state index in [0.29, 0.717) is 11.2 Å². The summed E-state index contributed by atoms with van der Waals surface area (Å²) in [7, 11) is -2.80. The number of hydrogen-bond donors (Lipinski definition) is 2. The largest absolute Gasteiger partial charge is 0.495 e. The molecule has 0 fully saturated rings. The minimum atomic E-state index is -4.11. The normalized spacial score (nSPS) is 11.1. The molecule has 0 aliphatic carbocycles. The zero-order valence-corrected chi connectivity index (χ0v) is 18.6. The van der Waals surface area contributed by atoms with Crippen molar-refractivity contribution in [2.24, 2.45) is 0 Å². The number of nitrogens with zero attached hydrogens (tertiary/aromatic N) is 2. The number of sulfonamides is 1. The standard InChI is InChI=1S/C23H18N4O6S/c1-33-21-12-9-17(27(29)30)14-20(21)26-34(31,32)18-10-7-16(8-11-18)23(28)25-19-6-2-4-15-5-3-13-24-22(15)19/h2-14,26H,1H3,(H,25,28). The number of anilines is 2. The summed E-state index contributed by atoms with van der Waals surface area (Å²) in [4.78, 5) is 27.3. The lowest BCUT2D eigenvalue weighted by Gasteiger charge is -2.12.